The SMILES string of the molecule is CN=C(NC1CC1c1ccccc1C)N1CCN(c2cccs2)CC1. The fraction of sp³-hybridized carbons (Fsp3) is 0.450. The molecule has 0 amide bonds. The van der Waals surface area contributed by atoms with Crippen LogP contribution in [0.25, 0.3) is 0 Å². The van der Waals surface area contributed by atoms with Crippen LogP contribution in [-0.4, -0.2) is 50.1 Å². The summed E-state index contributed by atoms with van der Waals surface area (Å²) in [5.74, 6) is 1.69. The number of hydrogen-bond donors (Lipinski definition) is 1. The van der Waals surface area contributed by atoms with E-state index in [1.54, 1.807) is 0 Å². The zero-order valence-corrected chi connectivity index (χ0v) is 15.8. The fourth-order valence-electron chi connectivity index (χ4n) is 3.75. The summed E-state index contributed by atoms with van der Waals surface area (Å²) in [6.45, 7) is 6.39. The van der Waals surface area contributed by atoms with Gasteiger partial charge in [0, 0.05) is 45.2 Å². The third kappa shape index (κ3) is 3.52. The number of guanidine groups is 1. The van der Waals surface area contributed by atoms with E-state index in [4.69, 9.17) is 0 Å². The third-order valence-electron chi connectivity index (χ3n) is 5.30. The lowest BCUT2D eigenvalue weighted by atomic mass is 10.0. The highest BCUT2D eigenvalue weighted by Crippen LogP contribution is 2.42. The molecule has 1 saturated heterocycles. The molecule has 1 aromatic heterocycles. The summed E-state index contributed by atoms with van der Waals surface area (Å²) in [7, 11) is 1.90. The molecule has 2 fully saturated rings. The maximum absolute atomic E-state index is 4.55. The maximum atomic E-state index is 4.55. The van der Waals surface area contributed by atoms with Crippen LogP contribution in [0.4, 0.5) is 5.00 Å². The molecule has 4 nitrogen and oxygen atoms in total. The van der Waals surface area contributed by atoms with Crippen LogP contribution in [-0.2, 0) is 0 Å². The van der Waals surface area contributed by atoms with E-state index in [1.807, 2.05) is 18.4 Å². The average Bonchev–Trinajstić information content (AvgIpc) is 3.18. The molecule has 2 aliphatic rings. The topological polar surface area (TPSA) is 30.9 Å². The number of piperazine rings is 1. The van der Waals surface area contributed by atoms with Crippen molar-refractivity contribution in [2.45, 2.75) is 25.3 Å². The Bertz CT molecular complexity index is 732. The number of nitrogens with zero attached hydrogens (tertiary/aromatic N) is 3. The van der Waals surface area contributed by atoms with Gasteiger partial charge in [-0.1, -0.05) is 24.3 Å². The second-order valence-electron chi connectivity index (χ2n) is 6.92. The van der Waals surface area contributed by atoms with Gasteiger partial charge in [-0.3, -0.25) is 4.99 Å². The number of benzene rings is 1. The largest absolute Gasteiger partial charge is 0.360 e. The van der Waals surface area contributed by atoms with E-state index in [-0.39, 0.29) is 0 Å². The Morgan fingerprint density at radius 1 is 1.12 bits per heavy atom. The lowest BCUT2D eigenvalue weighted by Gasteiger charge is -2.37. The molecule has 2 aromatic rings. The summed E-state index contributed by atoms with van der Waals surface area (Å²) in [5, 5.41) is 7.23. The maximum Gasteiger partial charge on any atom is 0.194 e. The second-order valence-corrected chi connectivity index (χ2v) is 7.85. The van der Waals surface area contributed by atoms with Crippen molar-refractivity contribution in [3.05, 3.63) is 52.9 Å². The normalized spacial score (nSPS) is 23.7. The summed E-state index contributed by atoms with van der Waals surface area (Å²) in [6, 6.07) is 13.6. The van der Waals surface area contributed by atoms with Crippen molar-refractivity contribution in [2.75, 3.05) is 38.1 Å². The first kappa shape index (κ1) is 16.5. The minimum Gasteiger partial charge on any atom is -0.360 e. The number of anilines is 1. The van der Waals surface area contributed by atoms with Gasteiger partial charge in [-0.2, -0.15) is 0 Å². The van der Waals surface area contributed by atoms with Crippen LogP contribution in [0, 0.1) is 6.92 Å². The van der Waals surface area contributed by atoms with Crippen LogP contribution in [0.3, 0.4) is 0 Å². The van der Waals surface area contributed by atoms with E-state index in [1.165, 1.54) is 22.5 Å². The minimum atomic E-state index is 0.523. The summed E-state index contributed by atoms with van der Waals surface area (Å²) in [4.78, 5) is 9.42. The van der Waals surface area contributed by atoms with E-state index < -0.39 is 0 Å². The predicted molar refractivity (Wildman–Crippen MR) is 107 cm³/mol. The van der Waals surface area contributed by atoms with Gasteiger partial charge in [0.25, 0.3) is 0 Å². The molecule has 2 atom stereocenters. The van der Waals surface area contributed by atoms with Crippen LogP contribution in [0.2, 0.25) is 0 Å². The van der Waals surface area contributed by atoms with Gasteiger partial charge in [0.05, 0.1) is 5.00 Å². The molecule has 0 bridgehead atoms. The molecule has 1 N–H and O–H groups in total. The second kappa shape index (κ2) is 7.08. The summed E-state index contributed by atoms with van der Waals surface area (Å²) in [6.07, 6.45) is 1.21. The van der Waals surface area contributed by atoms with E-state index >= 15 is 0 Å². The first-order valence-electron chi connectivity index (χ1n) is 9.08. The smallest absolute Gasteiger partial charge is 0.194 e. The first-order valence-corrected chi connectivity index (χ1v) is 9.96. The van der Waals surface area contributed by atoms with Crippen LogP contribution in [0.15, 0.2) is 46.8 Å². The van der Waals surface area contributed by atoms with Gasteiger partial charge in [0.15, 0.2) is 5.96 Å². The molecule has 4 rings (SSSR count). The van der Waals surface area contributed by atoms with Crippen LogP contribution < -0.4 is 10.2 Å². The molecule has 1 aliphatic carbocycles. The molecule has 5 heteroatoms. The number of nitrogens with one attached hydrogen (secondary N) is 1. The van der Waals surface area contributed by atoms with Gasteiger partial charge in [-0.15, -0.1) is 11.3 Å². The van der Waals surface area contributed by atoms with Crippen LogP contribution >= 0.6 is 11.3 Å². The van der Waals surface area contributed by atoms with Crippen LogP contribution in [0.1, 0.15) is 23.5 Å². The van der Waals surface area contributed by atoms with Gasteiger partial charge in [-0.25, -0.2) is 0 Å². The Morgan fingerprint density at radius 2 is 1.92 bits per heavy atom. The van der Waals surface area contributed by atoms with Crippen molar-refractivity contribution in [3.8, 4) is 0 Å². The van der Waals surface area contributed by atoms with Gasteiger partial charge < -0.3 is 15.1 Å². The van der Waals surface area contributed by atoms with E-state index in [0.717, 1.165) is 32.1 Å². The van der Waals surface area contributed by atoms with Crippen molar-refractivity contribution in [2.24, 2.45) is 4.99 Å². The number of hydrogen-bond acceptors (Lipinski definition) is 3. The Kier molecular flexibility index (Phi) is 4.66. The van der Waals surface area contributed by atoms with Crippen molar-refractivity contribution in [3.63, 3.8) is 0 Å². The van der Waals surface area contributed by atoms with Gasteiger partial charge in [-0.05, 0) is 42.0 Å². The molecule has 0 spiro atoms. The molecule has 1 aliphatic heterocycles. The van der Waals surface area contributed by atoms with E-state index in [2.05, 4.69) is 68.8 Å². The monoisotopic (exact) mass is 354 g/mol. The Balaban J connectivity index is 1.33. The molecule has 25 heavy (non-hydrogen) atoms. The highest BCUT2D eigenvalue weighted by Gasteiger charge is 2.40. The summed E-state index contributed by atoms with van der Waals surface area (Å²) >= 11 is 1.83. The quantitative estimate of drug-likeness (QED) is 0.678. The lowest BCUT2D eigenvalue weighted by molar-refractivity contribution is 0.373. The van der Waals surface area contributed by atoms with Gasteiger partial charge >= 0.3 is 0 Å². The third-order valence-corrected chi connectivity index (χ3v) is 6.23. The molecule has 1 aromatic carbocycles. The minimum absolute atomic E-state index is 0.523. The zero-order chi connectivity index (χ0) is 17.2. The number of aliphatic imine (C=N–C) groups is 1. The van der Waals surface area contributed by atoms with Crippen molar-refractivity contribution in [1.82, 2.24) is 10.2 Å². The highest BCUT2D eigenvalue weighted by atomic mass is 32.1. The number of aryl methyl sites for hydroxylation is 1. The standard InChI is InChI=1S/C20H26N4S/c1-15-6-3-4-7-16(15)17-14-18(17)22-20(21-2)24-11-9-23(10-12-24)19-8-5-13-25-19/h3-8,13,17-18H,9-12,14H2,1-2H3,(H,21,22). The molecular formula is C20H26N4S. The Labute approximate surface area is 154 Å². The summed E-state index contributed by atoms with van der Waals surface area (Å²) in [5.41, 5.74) is 2.88. The number of rotatable bonds is 3. The van der Waals surface area contributed by atoms with Gasteiger partial charge in [0.2, 0.25) is 0 Å². The average molecular weight is 355 g/mol. The first-order chi connectivity index (χ1) is 12.3. The molecule has 0 radical (unpaired) electrons. The van der Waals surface area contributed by atoms with Crippen molar-refractivity contribution in [1.29, 1.82) is 0 Å². The van der Waals surface area contributed by atoms with Crippen LogP contribution in [0.5, 0.6) is 0 Å². The van der Waals surface area contributed by atoms with E-state index in [0.29, 0.717) is 12.0 Å². The van der Waals surface area contributed by atoms with Crippen molar-refractivity contribution < 1.29 is 0 Å². The molecular weight excluding hydrogens is 328 g/mol. The molecule has 1 saturated carbocycles. The summed E-state index contributed by atoms with van der Waals surface area (Å²) < 4.78 is 0. The highest BCUT2D eigenvalue weighted by molar-refractivity contribution is 7.14. The Morgan fingerprint density at radius 3 is 2.60 bits per heavy atom. The Hall–Kier alpha value is -2.01. The molecule has 132 valence electrons. The number of thiophene rings is 1. The fourth-order valence-corrected chi connectivity index (χ4v) is 4.54. The molecule has 2 unspecified atom stereocenters. The molecule has 2 heterocycles. The lowest BCUT2D eigenvalue weighted by Crippen LogP contribution is -2.53. The van der Waals surface area contributed by atoms with E-state index in [9.17, 15) is 0 Å². The predicted octanol–water partition coefficient (Wildman–Crippen LogP) is 3.31. The van der Waals surface area contributed by atoms with Gasteiger partial charge in [0.1, 0.15) is 0 Å². The zero-order valence-electron chi connectivity index (χ0n) is 15.0. The van der Waals surface area contributed by atoms with Crippen molar-refractivity contribution >= 4 is 22.3 Å².